The van der Waals surface area contributed by atoms with E-state index in [4.69, 9.17) is 4.74 Å². The number of carbonyl (C=O) groups excluding carboxylic acids is 3. The summed E-state index contributed by atoms with van der Waals surface area (Å²) in [5.41, 5.74) is 1.38. The molecule has 1 unspecified atom stereocenters. The standard InChI is InChI=1S/C23H24N2O4/c1-23(2)15-29-19(16-8-4-3-5-9-16)14-25(23)20(26)12-13-24-21(27)17-10-6-7-11-18(17)22(24)28/h3-11,19H,12-15H2,1-2H3. The van der Waals surface area contributed by atoms with Gasteiger partial charge in [-0.25, -0.2) is 0 Å². The van der Waals surface area contributed by atoms with Gasteiger partial charge in [-0.05, 0) is 31.5 Å². The molecule has 29 heavy (non-hydrogen) atoms. The number of morpholine rings is 1. The number of nitrogens with zero attached hydrogens (tertiary/aromatic N) is 2. The average Bonchev–Trinajstić information content (AvgIpc) is 2.97. The van der Waals surface area contributed by atoms with Crippen LogP contribution in [0.1, 0.15) is 52.7 Å². The zero-order chi connectivity index (χ0) is 20.6. The van der Waals surface area contributed by atoms with Crippen molar-refractivity contribution in [2.75, 3.05) is 19.7 Å². The normalized spacial score (nSPS) is 20.7. The van der Waals surface area contributed by atoms with Crippen LogP contribution in [-0.4, -0.2) is 52.8 Å². The number of benzene rings is 2. The number of fused-ring (bicyclic) bond motifs is 1. The molecular formula is C23H24N2O4. The Bertz CT molecular complexity index is 919. The second kappa shape index (κ2) is 7.44. The highest BCUT2D eigenvalue weighted by molar-refractivity contribution is 6.21. The van der Waals surface area contributed by atoms with E-state index in [0.717, 1.165) is 5.56 Å². The maximum Gasteiger partial charge on any atom is 0.261 e. The topological polar surface area (TPSA) is 66.9 Å². The molecule has 2 heterocycles. The monoisotopic (exact) mass is 392 g/mol. The van der Waals surface area contributed by atoms with Crippen molar-refractivity contribution >= 4 is 17.7 Å². The van der Waals surface area contributed by atoms with E-state index >= 15 is 0 Å². The van der Waals surface area contributed by atoms with E-state index in [-0.39, 0.29) is 36.8 Å². The van der Waals surface area contributed by atoms with Gasteiger partial charge in [-0.2, -0.15) is 0 Å². The van der Waals surface area contributed by atoms with E-state index in [2.05, 4.69) is 0 Å². The predicted octanol–water partition coefficient (Wildman–Crippen LogP) is 3.05. The zero-order valence-electron chi connectivity index (χ0n) is 16.6. The molecule has 0 N–H and O–H groups in total. The third-order valence-corrected chi connectivity index (χ3v) is 5.62. The van der Waals surface area contributed by atoms with Crippen LogP contribution < -0.4 is 0 Å². The maximum atomic E-state index is 13.1. The largest absolute Gasteiger partial charge is 0.369 e. The van der Waals surface area contributed by atoms with E-state index in [1.165, 1.54) is 4.90 Å². The summed E-state index contributed by atoms with van der Waals surface area (Å²) < 4.78 is 6.00. The third-order valence-electron chi connectivity index (χ3n) is 5.62. The molecule has 150 valence electrons. The number of amides is 3. The van der Waals surface area contributed by atoms with Crippen LogP contribution in [0.5, 0.6) is 0 Å². The Morgan fingerprint density at radius 3 is 2.21 bits per heavy atom. The fourth-order valence-electron chi connectivity index (χ4n) is 3.94. The lowest BCUT2D eigenvalue weighted by Gasteiger charge is -2.45. The van der Waals surface area contributed by atoms with Gasteiger partial charge in [0, 0.05) is 13.0 Å². The van der Waals surface area contributed by atoms with Crippen molar-refractivity contribution in [1.29, 1.82) is 0 Å². The fourth-order valence-corrected chi connectivity index (χ4v) is 3.94. The first-order chi connectivity index (χ1) is 13.9. The second-order valence-corrected chi connectivity index (χ2v) is 8.08. The van der Waals surface area contributed by atoms with Gasteiger partial charge < -0.3 is 9.64 Å². The molecule has 0 spiro atoms. The highest BCUT2D eigenvalue weighted by Gasteiger charge is 2.40. The summed E-state index contributed by atoms with van der Waals surface area (Å²) >= 11 is 0. The van der Waals surface area contributed by atoms with Crippen LogP contribution in [0.4, 0.5) is 0 Å². The number of ether oxygens (including phenoxy) is 1. The van der Waals surface area contributed by atoms with Crippen molar-refractivity contribution in [1.82, 2.24) is 9.80 Å². The first-order valence-corrected chi connectivity index (χ1v) is 9.81. The van der Waals surface area contributed by atoms with Crippen LogP contribution in [-0.2, 0) is 9.53 Å². The molecular weight excluding hydrogens is 368 g/mol. The Labute approximate surface area is 170 Å². The number of hydrogen-bond donors (Lipinski definition) is 0. The Balaban J connectivity index is 1.45. The molecule has 0 aromatic heterocycles. The van der Waals surface area contributed by atoms with Gasteiger partial charge in [-0.15, -0.1) is 0 Å². The SMILES string of the molecule is CC1(C)COC(c2ccccc2)CN1C(=O)CCN1C(=O)c2ccccc2C1=O. The van der Waals surface area contributed by atoms with Gasteiger partial charge in [0.05, 0.1) is 29.8 Å². The van der Waals surface area contributed by atoms with Gasteiger partial charge in [0.25, 0.3) is 11.8 Å². The van der Waals surface area contributed by atoms with Gasteiger partial charge >= 0.3 is 0 Å². The molecule has 1 saturated heterocycles. The van der Waals surface area contributed by atoms with Crippen LogP contribution in [0.3, 0.4) is 0 Å². The Hall–Kier alpha value is -2.99. The van der Waals surface area contributed by atoms with E-state index in [1.807, 2.05) is 49.1 Å². The fraction of sp³-hybridized carbons (Fsp3) is 0.348. The van der Waals surface area contributed by atoms with E-state index in [0.29, 0.717) is 24.3 Å². The molecule has 2 aliphatic rings. The third kappa shape index (κ3) is 3.56. The molecule has 4 rings (SSSR count). The van der Waals surface area contributed by atoms with Gasteiger partial charge in [-0.3, -0.25) is 19.3 Å². The smallest absolute Gasteiger partial charge is 0.261 e. The molecule has 3 amide bonds. The van der Waals surface area contributed by atoms with Gasteiger partial charge in [0.2, 0.25) is 5.91 Å². The highest BCUT2D eigenvalue weighted by Crippen LogP contribution is 2.31. The lowest BCUT2D eigenvalue weighted by atomic mass is 9.97. The number of imide groups is 1. The first-order valence-electron chi connectivity index (χ1n) is 9.81. The average molecular weight is 392 g/mol. The quantitative estimate of drug-likeness (QED) is 0.750. The molecule has 0 aliphatic carbocycles. The Kier molecular flexibility index (Phi) is 4.96. The number of carbonyl (C=O) groups is 3. The minimum atomic E-state index is -0.454. The second-order valence-electron chi connectivity index (χ2n) is 8.08. The molecule has 2 aromatic carbocycles. The molecule has 6 heteroatoms. The van der Waals surface area contributed by atoms with Crippen molar-refractivity contribution in [3.63, 3.8) is 0 Å². The van der Waals surface area contributed by atoms with Crippen molar-refractivity contribution in [3.8, 4) is 0 Å². The minimum Gasteiger partial charge on any atom is -0.369 e. The van der Waals surface area contributed by atoms with Crippen LogP contribution in [0, 0.1) is 0 Å². The highest BCUT2D eigenvalue weighted by atomic mass is 16.5. The molecule has 0 radical (unpaired) electrons. The molecule has 2 aromatic rings. The summed E-state index contributed by atoms with van der Waals surface area (Å²) in [6, 6.07) is 16.6. The van der Waals surface area contributed by atoms with Crippen molar-refractivity contribution in [2.45, 2.75) is 31.9 Å². The summed E-state index contributed by atoms with van der Waals surface area (Å²) in [7, 11) is 0. The summed E-state index contributed by atoms with van der Waals surface area (Å²) in [6.45, 7) is 4.88. The molecule has 0 saturated carbocycles. The summed E-state index contributed by atoms with van der Waals surface area (Å²) in [5.74, 6) is -0.751. The number of hydrogen-bond acceptors (Lipinski definition) is 4. The first kappa shape index (κ1) is 19.3. The summed E-state index contributed by atoms with van der Waals surface area (Å²) in [5, 5.41) is 0. The zero-order valence-corrected chi connectivity index (χ0v) is 16.6. The maximum absolute atomic E-state index is 13.1. The van der Waals surface area contributed by atoms with E-state index in [9.17, 15) is 14.4 Å². The van der Waals surface area contributed by atoms with Crippen LogP contribution >= 0.6 is 0 Å². The van der Waals surface area contributed by atoms with Gasteiger partial charge in [0.1, 0.15) is 6.10 Å². The van der Waals surface area contributed by atoms with Crippen LogP contribution in [0.15, 0.2) is 54.6 Å². The van der Waals surface area contributed by atoms with Crippen LogP contribution in [0.25, 0.3) is 0 Å². The van der Waals surface area contributed by atoms with Crippen molar-refractivity contribution in [2.24, 2.45) is 0 Å². The molecule has 0 bridgehead atoms. The van der Waals surface area contributed by atoms with E-state index < -0.39 is 5.54 Å². The Morgan fingerprint density at radius 2 is 1.59 bits per heavy atom. The van der Waals surface area contributed by atoms with Crippen molar-refractivity contribution in [3.05, 3.63) is 71.3 Å². The molecule has 6 nitrogen and oxygen atoms in total. The lowest BCUT2D eigenvalue weighted by Crippen LogP contribution is -2.56. The Morgan fingerprint density at radius 1 is 1.00 bits per heavy atom. The summed E-state index contributed by atoms with van der Waals surface area (Å²) in [4.78, 5) is 41.1. The van der Waals surface area contributed by atoms with Gasteiger partial charge in [0.15, 0.2) is 0 Å². The lowest BCUT2D eigenvalue weighted by molar-refractivity contribution is -0.155. The molecule has 1 fully saturated rings. The van der Waals surface area contributed by atoms with E-state index in [1.54, 1.807) is 24.3 Å². The van der Waals surface area contributed by atoms with Gasteiger partial charge in [-0.1, -0.05) is 42.5 Å². The minimum absolute atomic E-state index is 0.0780. The van der Waals surface area contributed by atoms with Crippen LogP contribution in [0.2, 0.25) is 0 Å². The predicted molar refractivity (Wildman–Crippen MR) is 107 cm³/mol. The molecule has 1 atom stereocenters. The number of rotatable bonds is 4. The molecule has 2 aliphatic heterocycles. The van der Waals surface area contributed by atoms with Crippen molar-refractivity contribution < 1.29 is 19.1 Å². The summed E-state index contributed by atoms with van der Waals surface area (Å²) in [6.07, 6.45) is -0.0939.